The molecule has 6 rings (SSSR count). The summed E-state index contributed by atoms with van der Waals surface area (Å²) in [6.07, 6.45) is 1.98. The molecule has 0 saturated carbocycles. The molecule has 8 heteroatoms. The second kappa shape index (κ2) is 11.5. The number of aryl methyl sites for hydroxylation is 2. The van der Waals surface area contributed by atoms with Gasteiger partial charge in [-0.1, -0.05) is 77.0 Å². The van der Waals surface area contributed by atoms with Crippen molar-refractivity contribution in [1.29, 1.82) is 0 Å². The number of aromatic nitrogens is 2. The smallest absolute Gasteiger partial charge is 0.271 e. The van der Waals surface area contributed by atoms with Crippen LogP contribution in [0.15, 0.2) is 87.8 Å². The Labute approximate surface area is 259 Å². The summed E-state index contributed by atoms with van der Waals surface area (Å²) in [5, 5.41) is 1.65. The molecule has 3 heterocycles. The number of aromatic amines is 1. The van der Waals surface area contributed by atoms with Crippen molar-refractivity contribution in [3.63, 3.8) is 0 Å². The molecule has 0 bridgehead atoms. The maximum atomic E-state index is 14.4. The van der Waals surface area contributed by atoms with Crippen molar-refractivity contribution < 1.29 is 4.79 Å². The van der Waals surface area contributed by atoms with E-state index in [2.05, 4.69) is 43.1 Å². The first-order chi connectivity index (χ1) is 20.7. The Morgan fingerprint density at radius 3 is 2.42 bits per heavy atom. The third-order valence-electron chi connectivity index (χ3n) is 8.12. The second-order valence-corrected chi connectivity index (χ2v) is 12.3. The molecule has 1 atom stereocenters. The van der Waals surface area contributed by atoms with Gasteiger partial charge in [0.05, 0.1) is 27.5 Å². The molecule has 1 amide bonds. The number of allylic oxidation sites excluding steroid dienone is 1. The van der Waals surface area contributed by atoms with E-state index in [9.17, 15) is 9.59 Å². The largest absolute Gasteiger partial charge is 0.354 e. The minimum atomic E-state index is -0.621. The highest BCUT2D eigenvalue weighted by Crippen LogP contribution is 2.34. The van der Waals surface area contributed by atoms with Crippen LogP contribution in [0.4, 0.5) is 0 Å². The van der Waals surface area contributed by atoms with E-state index in [1.54, 1.807) is 21.6 Å². The van der Waals surface area contributed by atoms with E-state index in [-0.39, 0.29) is 11.5 Å². The van der Waals surface area contributed by atoms with Crippen molar-refractivity contribution in [2.24, 2.45) is 4.99 Å². The molecule has 5 aromatic rings. The fourth-order valence-corrected chi connectivity index (χ4v) is 7.18. The van der Waals surface area contributed by atoms with Crippen molar-refractivity contribution in [2.75, 3.05) is 13.1 Å². The van der Waals surface area contributed by atoms with E-state index < -0.39 is 6.04 Å². The Bertz CT molecular complexity index is 2080. The van der Waals surface area contributed by atoms with Gasteiger partial charge in [0.2, 0.25) is 0 Å². The number of carbonyl (C=O) groups excluding carboxylic acids is 1. The van der Waals surface area contributed by atoms with Crippen molar-refractivity contribution in [1.82, 2.24) is 14.5 Å². The summed E-state index contributed by atoms with van der Waals surface area (Å²) >= 11 is 7.59. The van der Waals surface area contributed by atoms with E-state index in [1.165, 1.54) is 11.3 Å². The van der Waals surface area contributed by atoms with Crippen molar-refractivity contribution in [3.8, 4) is 11.3 Å². The fraction of sp³-hybridized carbons (Fsp3) is 0.229. The number of thiazole rings is 1. The first-order valence-corrected chi connectivity index (χ1v) is 15.7. The molecule has 6 nitrogen and oxygen atoms in total. The molecular weight excluding hydrogens is 576 g/mol. The van der Waals surface area contributed by atoms with Crippen LogP contribution in [0.2, 0.25) is 5.02 Å². The number of H-pyrrole nitrogens is 1. The van der Waals surface area contributed by atoms with Gasteiger partial charge in [0.15, 0.2) is 4.80 Å². The van der Waals surface area contributed by atoms with E-state index in [4.69, 9.17) is 16.6 Å². The van der Waals surface area contributed by atoms with Crippen LogP contribution in [0.25, 0.3) is 28.2 Å². The number of benzene rings is 3. The average Bonchev–Trinajstić information content (AvgIpc) is 3.51. The normalized spacial score (nSPS) is 15.1. The standard InChI is InChI=1S/C35H33ClN4O2S/c1-6-39(7-2)34(42)29-22(5)37-35-40(32(29)24-13-15-25(36)16-14-24)33(41)28(43-35)19-27-26-18-20(3)17-21(4)30(26)38-31(27)23-11-9-8-10-12-23/h8-19,32,38H,6-7H2,1-5H3/b28-19+/t32-/m0/s1. The van der Waals surface area contributed by atoms with Crippen molar-refractivity contribution in [3.05, 3.63) is 125 Å². The van der Waals surface area contributed by atoms with Crippen LogP contribution in [-0.2, 0) is 4.79 Å². The summed E-state index contributed by atoms with van der Waals surface area (Å²) < 4.78 is 2.23. The molecule has 3 aromatic carbocycles. The lowest BCUT2D eigenvalue weighted by Crippen LogP contribution is -2.43. The number of amides is 1. The first-order valence-electron chi connectivity index (χ1n) is 14.5. The van der Waals surface area contributed by atoms with Gasteiger partial charge in [0.1, 0.15) is 0 Å². The zero-order valence-electron chi connectivity index (χ0n) is 24.9. The van der Waals surface area contributed by atoms with Gasteiger partial charge < -0.3 is 9.88 Å². The van der Waals surface area contributed by atoms with Crippen molar-refractivity contribution >= 4 is 45.8 Å². The van der Waals surface area contributed by atoms with E-state index >= 15 is 0 Å². The summed E-state index contributed by atoms with van der Waals surface area (Å²) in [6, 6.07) is 21.2. The summed E-state index contributed by atoms with van der Waals surface area (Å²) in [4.78, 5) is 39.1. The zero-order chi connectivity index (χ0) is 30.4. The van der Waals surface area contributed by atoms with Crippen LogP contribution in [0.1, 0.15) is 49.1 Å². The number of hydrogen-bond donors (Lipinski definition) is 1. The molecule has 1 aliphatic rings. The fourth-order valence-electron chi connectivity index (χ4n) is 6.02. The highest BCUT2D eigenvalue weighted by atomic mass is 35.5. The lowest BCUT2D eigenvalue weighted by Gasteiger charge is -2.29. The Balaban J connectivity index is 1.63. The number of halogens is 1. The molecule has 2 aromatic heterocycles. The van der Waals surface area contributed by atoms with Crippen molar-refractivity contribution in [2.45, 2.75) is 40.7 Å². The Morgan fingerprint density at radius 2 is 1.74 bits per heavy atom. The van der Waals surface area contributed by atoms with Gasteiger partial charge in [0.25, 0.3) is 11.5 Å². The highest BCUT2D eigenvalue weighted by molar-refractivity contribution is 7.07. The molecule has 0 saturated heterocycles. The maximum absolute atomic E-state index is 14.4. The molecule has 1 aliphatic heterocycles. The molecule has 1 N–H and O–H groups in total. The number of rotatable bonds is 6. The van der Waals surface area contributed by atoms with Crippen LogP contribution in [0.5, 0.6) is 0 Å². The van der Waals surface area contributed by atoms with Gasteiger partial charge >= 0.3 is 0 Å². The van der Waals surface area contributed by atoms with Gasteiger partial charge in [-0.05, 0) is 75.6 Å². The summed E-state index contributed by atoms with van der Waals surface area (Å²) in [5.41, 5.74) is 8.05. The molecular formula is C35H33ClN4O2S. The van der Waals surface area contributed by atoms with Gasteiger partial charge in [-0.15, -0.1) is 0 Å². The molecule has 0 fully saturated rings. The minimum absolute atomic E-state index is 0.116. The topological polar surface area (TPSA) is 70.5 Å². The monoisotopic (exact) mass is 608 g/mol. The lowest BCUT2D eigenvalue weighted by molar-refractivity contribution is -0.127. The second-order valence-electron chi connectivity index (χ2n) is 10.9. The summed E-state index contributed by atoms with van der Waals surface area (Å²) in [7, 11) is 0. The van der Waals surface area contributed by atoms with Crippen LogP contribution >= 0.6 is 22.9 Å². The summed E-state index contributed by atoms with van der Waals surface area (Å²) in [5.74, 6) is -0.116. The Hall–Kier alpha value is -4.20. The number of likely N-dealkylation sites (N-methyl/N-ethyl adjacent to an activating group) is 1. The maximum Gasteiger partial charge on any atom is 0.271 e. The Morgan fingerprint density at radius 1 is 1.05 bits per heavy atom. The molecule has 0 unspecified atom stereocenters. The average molecular weight is 609 g/mol. The van der Waals surface area contributed by atoms with E-state index in [0.29, 0.717) is 38.7 Å². The molecule has 0 aliphatic carbocycles. The lowest BCUT2D eigenvalue weighted by atomic mass is 9.94. The van der Waals surface area contributed by atoms with E-state index in [1.807, 2.05) is 57.2 Å². The number of carbonyl (C=O) groups is 1. The SMILES string of the molecule is CCN(CC)C(=O)C1=C(C)N=c2s/c(=C/c3c(-c4ccccc4)[nH]c4c(C)cc(C)cc34)c(=O)n2[C@H]1c1ccc(Cl)cc1. The number of nitrogens with one attached hydrogen (secondary N) is 1. The third kappa shape index (κ3) is 5.07. The quantitative estimate of drug-likeness (QED) is 0.238. The van der Waals surface area contributed by atoms with Gasteiger partial charge in [0, 0.05) is 34.6 Å². The Kier molecular flexibility index (Phi) is 7.71. The molecule has 0 radical (unpaired) electrons. The third-order valence-corrected chi connectivity index (χ3v) is 9.35. The predicted molar refractivity (Wildman–Crippen MR) is 176 cm³/mol. The van der Waals surface area contributed by atoms with Crippen LogP contribution in [0, 0.1) is 13.8 Å². The molecule has 218 valence electrons. The summed E-state index contributed by atoms with van der Waals surface area (Å²) in [6.45, 7) is 11.1. The number of hydrogen-bond acceptors (Lipinski definition) is 4. The molecule has 0 spiro atoms. The predicted octanol–water partition coefficient (Wildman–Crippen LogP) is 6.52. The van der Waals surface area contributed by atoms with Crippen LogP contribution in [-0.4, -0.2) is 33.4 Å². The van der Waals surface area contributed by atoms with Gasteiger partial charge in [-0.25, -0.2) is 4.99 Å². The number of nitrogens with zero attached hydrogens (tertiary/aromatic N) is 3. The van der Waals surface area contributed by atoms with Crippen LogP contribution in [0.3, 0.4) is 0 Å². The molecule has 43 heavy (non-hydrogen) atoms. The van der Waals surface area contributed by atoms with Crippen LogP contribution < -0.4 is 14.9 Å². The number of fused-ring (bicyclic) bond motifs is 2. The van der Waals surface area contributed by atoms with E-state index in [0.717, 1.165) is 44.4 Å². The highest BCUT2D eigenvalue weighted by Gasteiger charge is 2.34. The van der Waals surface area contributed by atoms with Gasteiger partial charge in [-0.3, -0.25) is 14.2 Å². The van der Waals surface area contributed by atoms with Gasteiger partial charge in [-0.2, -0.15) is 0 Å². The zero-order valence-corrected chi connectivity index (χ0v) is 26.4. The first kappa shape index (κ1) is 28.9. The minimum Gasteiger partial charge on any atom is -0.354 e.